The van der Waals surface area contributed by atoms with Gasteiger partial charge in [0.1, 0.15) is 28.7 Å². The molecule has 3 aromatic heterocycles. The first-order chi connectivity index (χ1) is 24.8. The topological polar surface area (TPSA) is 134 Å². The average molecular weight is 708 g/mol. The predicted molar refractivity (Wildman–Crippen MR) is 194 cm³/mol. The Labute approximate surface area is 298 Å². The number of likely N-dealkylation sites (tertiary alicyclic amines) is 1. The van der Waals surface area contributed by atoms with E-state index in [1.165, 1.54) is 17.8 Å². The number of amides is 2. The van der Waals surface area contributed by atoms with E-state index in [1.807, 2.05) is 53.6 Å². The van der Waals surface area contributed by atoms with Crippen molar-refractivity contribution in [2.45, 2.75) is 36.5 Å². The lowest BCUT2D eigenvalue weighted by Crippen LogP contribution is -2.45. The number of aromatic amines is 1. The molecular weight excluding hydrogens is 670 g/mol. The number of aromatic nitrogens is 6. The maximum absolute atomic E-state index is 14.9. The molecule has 14 heteroatoms. The maximum atomic E-state index is 14.9. The third kappa shape index (κ3) is 6.85. The molecule has 2 N–H and O–H groups in total. The van der Waals surface area contributed by atoms with Gasteiger partial charge in [-0.25, -0.2) is 14.4 Å². The van der Waals surface area contributed by atoms with E-state index in [-0.39, 0.29) is 30.3 Å². The third-order valence-corrected chi connectivity index (χ3v) is 11.2. The second kappa shape index (κ2) is 13.6. The van der Waals surface area contributed by atoms with Crippen molar-refractivity contribution >= 4 is 45.7 Å². The number of pyridine rings is 1. The van der Waals surface area contributed by atoms with Gasteiger partial charge in [0.05, 0.1) is 17.6 Å². The summed E-state index contributed by atoms with van der Waals surface area (Å²) >= 11 is 1.52. The van der Waals surface area contributed by atoms with Gasteiger partial charge in [-0.1, -0.05) is 12.1 Å². The minimum atomic E-state index is -0.689. The molecule has 5 aromatic rings. The summed E-state index contributed by atoms with van der Waals surface area (Å²) in [5.74, 6) is 0.518. The van der Waals surface area contributed by atoms with Crippen LogP contribution in [0.15, 0.2) is 67.1 Å². The molecule has 8 rings (SSSR count). The van der Waals surface area contributed by atoms with Crippen molar-refractivity contribution in [2.75, 3.05) is 44.3 Å². The number of carbonyl (C=O) groups excluding carboxylic acids is 2. The number of aryl methyl sites for hydroxylation is 1. The van der Waals surface area contributed by atoms with Gasteiger partial charge in [0.15, 0.2) is 5.82 Å². The van der Waals surface area contributed by atoms with Crippen molar-refractivity contribution < 1.29 is 18.7 Å². The highest BCUT2D eigenvalue weighted by molar-refractivity contribution is 8.00. The van der Waals surface area contributed by atoms with Gasteiger partial charge in [-0.15, -0.1) is 11.8 Å². The van der Waals surface area contributed by atoms with E-state index < -0.39 is 4.75 Å². The van der Waals surface area contributed by atoms with E-state index in [0.29, 0.717) is 62.0 Å². The fraction of sp³-hybridized carbons (Fsp3) is 0.351. The fourth-order valence-corrected chi connectivity index (χ4v) is 7.59. The number of nitrogens with one attached hydrogen (secondary N) is 2. The Morgan fingerprint density at radius 2 is 1.96 bits per heavy atom. The molecule has 5 heterocycles. The number of hydrogen-bond donors (Lipinski definition) is 2. The van der Waals surface area contributed by atoms with Gasteiger partial charge in [-0.05, 0) is 79.5 Å². The summed E-state index contributed by atoms with van der Waals surface area (Å²) in [4.78, 5) is 39.7. The van der Waals surface area contributed by atoms with Gasteiger partial charge in [0, 0.05) is 62.1 Å². The quantitative estimate of drug-likeness (QED) is 0.202. The van der Waals surface area contributed by atoms with Gasteiger partial charge in [0.25, 0.3) is 0 Å². The molecule has 1 saturated heterocycles. The lowest BCUT2D eigenvalue weighted by molar-refractivity contribution is -0.132. The SMILES string of the molecule is CS[C@@]1(C(=O)Nc2ccc3[nH]nc(-c4ccc(OC5CC5)nc4)c3c2)CCN(CC(=O)N2CC=C(c3ccc(-c4ncn(C)n4)c(F)c3)CC2)C1. The second-order valence-corrected chi connectivity index (χ2v) is 14.6. The van der Waals surface area contributed by atoms with Crippen molar-refractivity contribution in [3.8, 4) is 28.5 Å². The molecule has 0 radical (unpaired) electrons. The van der Waals surface area contributed by atoms with E-state index in [1.54, 1.807) is 30.3 Å². The second-order valence-electron chi connectivity index (χ2n) is 13.4. The van der Waals surface area contributed by atoms with Crippen LogP contribution in [0.2, 0.25) is 0 Å². The zero-order valence-corrected chi connectivity index (χ0v) is 29.3. The number of anilines is 1. The van der Waals surface area contributed by atoms with Gasteiger partial charge >= 0.3 is 0 Å². The summed E-state index contributed by atoms with van der Waals surface area (Å²) in [5, 5.41) is 15.8. The highest BCUT2D eigenvalue weighted by Gasteiger charge is 2.44. The average Bonchev–Trinajstić information content (AvgIpc) is 3.48. The van der Waals surface area contributed by atoms with Gasteiger partial charge < -0.3 is 15.0 Å². The van der Waals surface area contributed by atoms with E-state index in [0.717, 1.165) is 46.1 Å². The summed E-state index contributed by atoms with van der Waals surface area (Å²) < 4.78 is 21.6. The van der Waals surface area contributed by atoms with Crippen LogP contribution in [0.5, 0.6) is 5.88 Å². The number of thioether (sulfide) groups is 1. The van der Waals surface area contributed by atoms with Crippen LogP contribution in [0.25, 0.3) is 39.1 Å². The zero-order valence-electron chi connectivity index (χ0n) is 28.4. The predicted octanol–water partition coefficient (Wildman–Crippen LogP) is 5.16. The molecule has 3 aliphatic rings. The molecular formula is C37H38FN9O3S. The Balaban J connectivity index is 0.880. The first-order valence-corrected chi connectivity index (χ1v) is 18.3. The van der Waals surface area contributed by atoms with Crippen LogP contribution in [-0.4, -0.2) is 101 Å². The molecule has 0 bridgehead atoms. The maximum Gasteiger partial charge on any atom is 0.241 e. The molecule has 262 valence electrons. The van der Waals surface area contributed by atoms with E-state index in [2.05, 4.69) is 35.5 Å². The highest BCUT2D eigenvalue weighted by Crippen LogP contribution is 2.36. The molecule has 1 saturated carbocycles. The van der Waals surface area contributed by atoms with Gasteiger partial charge in [-0.3, -0.25) is 24.3 Å². The Kier molecular flexibility index (Phi) is 8.80. The van der Waals surface area contributed by atoms with Crippen LogP contribution in [0, 0.1) is 5.82 Å². The Bertz CT molecular complexity index is 2140. The van der Waals surface area contributed by atoms with Crippen LogP contribution < -0.4 is 10.1 Å². The highest BCUT2D eigenvalue weighted by atomic mass is 32.2. The smallest absolute Gasteiger partial charge is 0.241 e. The normalized spacial score (nSPS) is 19.4. The first-order valence-electron chi connectivity index (χ1n) is 17.1. The minimum Gasteiger partial charge on any atom is -0.474 e. The standard InChI is InChI=1S/C37H38FN9O3S/c1-45-22-40-35(44-45)28-8-3-24(17-30(28)38)23-11-14-47(15-12-23)33(48)20-46-16-13-37(21-46,51-2)36(49)41-26-5-9-31-29(18-26)34(43-42-31)25-4-10-32(39-19-25)50-27-6-7-27/h3-5,8-11,17-19,22,27H,6-7,12-16,20-21H2,1-2H3,(H,41,49)(H,42,43)/t37-/m0/s1. The number of nitrogens with zero attached hydrogens (tertiary/aromatic N) is 7. The van der Waals surface area contributed by atoms with Gasteiger partial charge in [-0.2, -0.15) is 10.2 Å². The number of carbonyl (C=O) groups is 2. The molecule has 1 aliphatic carbocycles. The van der Waals surface area contributed by atoms with E-state index in [4.69, 9.17) is 4.74 Å². The molecule has 1 atom stereocenters. The first kappa shape index (κ1) is 33.1. The lowest BCUT2D eigenvalue weighted by atomic mass is 9.98. The van der Waals surface area contributed by atoms with Crippen LogP contribution in [0.3, 0.4) is 0 Å². The Morgan fingerprint density at radius 3 is 2.67 bits per heavy atom. The molecule has 2 fully saturated rings. The number of rotatable bonds is 10. The van der Waals surface area contributed by atoms with Crippen molar-refractivity contribution in [2.24, 2.45) is 7.05 Å². The summed E-state index contributed by atoms with van der Waals surface area (Å²) in [7, 11) is 1.74. The third-order valence-electron chi connectivity index (χ3n) is 9.86. The summed E-state index contributed by atoms with van der Waals surface area (Å²) in [6, 6.07) is 14.6. The monoisotopic (exact) mass is 707 g/mol. The number of hydrogen-bond acceptors (Lipinski definition) is 9. The fourth-order valence-electron chi connectivity index (χ4n) is 6.75. The number of halogens is 1. The van der Waals surface area contributed by atoms with E-state index in [9.17, 15) is 14.0 Å². The zero-order chi connectivity index (χ0) is 35.1. The number of ether oxygens (including phenoxy) is 1. The van der Waals surface area contributed by atoms with Crippen LogP contribution >= 0.6 is 11.8 Å². The Morgan fingerprint density at radius 1 is 1.10 bits per heavy atom. The molecule has 12 nitrogen and oxygen atoms in total. The Hall–Kier alpha value is -5.08. The molecule has 2 amide bonds. The molecule has 0 unspecified atom stereocenters. The van der Waals surface area contributed by atoms with Crippen molar-refractivity contribution in [1.29, 1.82) is 0 Å². The summed E-state index contributed by atoms with van der Waals surface area (Å²) in [6.07, 6.45) is 10.9. The molecule has 2 aromatic carbocycles. The van der Waals surface area contributed by atoms with Crippen molar-refractivity contribution in [3.05, 3.63) is 78.5 Å². The summed E-state index contributed by atoms with van der Waals surface area (Å²) in [5.41, 5.74) is 5.30. The summed E-state index contributed by atoms with van der Waals surface area (Å²) in [6.45, 7) is 2.35. The van der Waals surface area contributed by atoms with Crippen molar-refractivity contribution in [3.63, 3.8) is 0 Å². The molecule has 0 spiro atoms. The van der Waals surface area contributed by atoms with Crippen LogP contribution in [-0.2, 0) is 16.6 Å². The number of H-pyrrole nitrogens is 1. The minimum absolute atomic E-state index is 0.0185. The van der Waals surface area contributed by atoms with Crippen LogP contribution in [0.1, 0.15) is 31.2 Å². The number of fused-ring (bicyclic) bond motifs is 1. The van der Waals surface area contributed by atoms with Gasteiger partial charge in [0.2, 0.25) is 17.7 Å². The van der Waals surface area contributed by atoms with E-state index >= 15 is 0 Å². The lowest BCUT2D eigenvalue weighted by Gasteiger charge is -2.29. The largest absolute Gasteiger partial charge is 0.474 e. The van der Waals surface area contributed by atoms with Crippen molar-refractivity contribution in [1.82, 2.24) is 39.7 Å². The molecule has 2 aliphatic heterocycles. The van der Waals surface area contributed by atoms with Crippen LogP contribution in [0.4, 0.5) is 10.1 Å². The molecule has 51 heavy (non-hydrogen) atoms. The number of benzene rings is 2.